The second-order valence-corrected chi connectivity index (χ2v) is 9.23. The van der Waals surface area contributed by atoms with Gasteiger partial charge in [0.05, 0.1) is 18.2 Å². The molecular formula is C25H27NO4S. The number of aliphatic hydroxyl groups excluding tert-OH is 1. The Balaban J connectivity index is 1.82. The van der Waals surface area contributed by atoms with Crippen LogP contribution >= 0.6 is 11.8 Å². The number of amides is 1. The predicted molar refractivity (Wildman–Crippen MR) is 123 cm³/mol. The Hall–Kier alpha value is -2.73. The molecule has 0 bridgehead atoms. The molecule has 1 N–H and O–H groups in total. The first-order chi connectivity index (χ1) is 14.9. The molecule has 1 aliphatic carbocycles. The average molecular weight is 438 g/mol. The zero-order valence-electron chi connectivity index (χ0n) is 18.0. The fraction of sp³-hybridized carbons (Fsp3) is 0.360. The van der Waals surface area contributed by atoms with Crippen LogP contribution in [0.1, 0.15) is 38.3 Å². The maximum Gasteiger partial charge on any atom is 0.294 e. The number of hydrogen-bond donors (Lipinski definition) is 1. The summed E-state index contributed by atoms with van der Waals surface area (Å²) in [6.07, 6.45) is 4.31. The molecule has 1 saturated carbocycles. The fourth-order valence-electron chi connectivity index (χ4n) is 3.80. The van der Waals surface area contributed by atoms with Gasteiger partial charge in [-0.2, -0.15) is 0 Å². The van der Waals surface area contributed by atoms with Gasteiger partial charge in [0.2, 0.25) is 0 Å². The summed E-state index contributed by atoms with van der Waals surface area (Å²) in [7, 11) is 0. The molecule has 162 valence electrons. The van der Waals surface area contributed by atoms with Crippen molar-refractivity contribution in [3.63, 3.8) is 0 Å². The van der Waals surface area contributed by atoms with Crippen molar-refractivity contribution >= 4 is 29.1 Å². The van der Waals surface area contributed by atoms with Gasteiger partial charge in [0.15, 0.2) is 11.5 Å². The lowest BCUT2D eigenvalue weighted by Crippen LogP contribution is -2.31. The molecule has 2 aliphatic rings. The molecular weight excluding hydrogens is 410 g/mol. The van der Waals surface area contributed by atoms with Gasteiger partial charge in [-0.25, -0.2) is 0 Å². The lowest BCUT2D eigenvalue weighted by atomic mass is 9.90. The highest BCUT2D eigenvalue weighted by atomic mass is 32.2. The van der Waals surface area contributed by atoms with E-state index in [-0.39, 0.29) is 17.3 Å². The largest absolute Gasteiger partial charge is 0.503 e. The van der Waals surface area contributed by atoms with Crippen molar-refractivity contribution in [2.24, 2.45) is 11.8 Å². The molecule has 0 radical (unpaired) electrons. The molecule has 4 rings (SSSR count). The van der Waals surface area contributed by atoms with E-state index in [0.717, 1.165) is 17.7 Å². The predicted octanol–water partition coefficient (Wildman–Crippen LogP) is 5.32. The van der Waals surface area contributed by atoms with Gasteiger partial charge in [-0.15, -0.1) is 11.8 Å². The van der Waals surface area contributed by atoms with Crippen LogP contribution in [0.15, 0.2) is 64.8 Å². The summed E-state index contributed by atoms with van der Waals surface area (Å²) in [6, 6.07) is 14.3. The van der Waals surface area contributed by atoms with Gasteiger partial charge in [-0.1, -0.05) is 32.0 Å². The lowest BCUT2D eigenvalue weighted by molar-refractivity contribution is -0.119. The van der Waals surface area contributed by atoms with Crippen LogP contribution in [0.3, 0.4) is 0 Å². The van der Waals surface area contributed by atoms with Gasteiger partial charge >= 0.3 is 0 Å². The minimum Gasteiger partial charge on any atom is -0.503 e. The average Bonchev–Trinajstić information content (AvgIpc) is 3.57. The molecule has 1 unspecified atom stereocenters. The second kappa shape index (κ2) is 8.79. The van der Waals surface area contributed by atoms with E-state index in [1.165, 1.54) is 4.90 Å². The molecule has 1 aliphatic heterocycles. The van der Waals surface area contributed by atoms with Crippen molar-refractivity contribution in [2.45, 2.75) is 37.6 Å². The number of aliphatic hydroxyl groups is 1. The summed E-state index contributed by atoms with van der Waals surface area (Å²) in [5.41, 5.74) is 1.47. The Bertz CT molecular complexity index is 1020. The molecule has 1 heterocycles. The maximum atomic E-state index is 13.2. The molecule has 1 amide bonds. The molecule has 2 aromatic carbocycles. The van der Waals surface area contributed by atoms with Gasteiger partial charge in [-0.05, 0) is 55.3 Å². The monoisotopic (exact) mass is 437 g/mol. The van der Waals surface area contributed by atoms with E-state index in [9.17, 15) is 14.7 Å². The van der Waals surface area contributed by atoms with Crippen molar-refractivity contribution in [1.29, 1.82) is 0 Å². The number of para-hydroxylation sites is 1. The summed E-state index contributed by atoms with van der Waals surface area (Å²) in [4.78, 5) is 28.9. The van der Waals surface area contributed by atoms with E-state index in [1.807, 2.05) is 54.8 Å². The summed E-state index contributed by atoms with van der Waals surface area (Å²) >= 11 is 1.61. The third-order valence-electron chi connectivity index (χ3n) is 5.73. The zero-order chi connectivity index (χ0) is 22.1. The van der Waals surface area contributed by atoms with Gasteiger partial charge in [-0.3, -0.25) is 14.5 Å². The van der Waals surface area contributed by atoms with E-state index in [0.29, 0.717) is 29.5 Å². The standard InChI is InChI=1S/C25H27NO4S/c1-15(2)23(27)21-22(19-6-4-5-7-20(19)30-14-16-8-9-16)26(25(29)24(21)28)17-10-12-18(31-3)13-11-17/h4-7,10-13,15-16,22,28H,8-9,14H2,1-3H3. The van der Waals surface area contributed by atoms with Gasteiger partial charge in [0.25, 0.3) is 5.91 Å². The number of carbonyl (C=O) groups is 2. The normalized spacial score (nSPS) is 18.8. The van der Waals surface area contributed by atoms with Crippen molar-refractivity contribution in [3.05, 3.63) is 65.4 Å². The highest BCUT2D eigenvalue weighted by Crippen LogP contribution is 2.45. The van der Waals surface area contributed by atoms with Gasteiger partial charge in [0, 0.05) is 22.1 Å². The van der Waals surface area contributed by atoms with Gasteiger partial charge < -0.3 is 9.84 Å². The van der Waals surface area contributed by atoms with Crippen molar-refractivity contribution in [2.75, 3.05) is 17.8 Å². The molecule has 0 saturated heterocycles. The number of anilines is 1. The molecule has 1 fully saturated rings. The number of hydrogen-bond acceptors (Lipinski definition) is 5. The van der Waals surface area contributed by atoms with Crippen LogP contribution in [0.25, 0.3) is 0 Å². The third kappa shape index (κ3) is 4.22. The number of rotatable bonds is 8. The Morgan fingerprint density at radius 1 is 1.16 bits per heavy atom. The van der Waals surface area contributed by atoms with Crippen molar-refractivity contribution in [3.8, 4) is 5.75 Å². The first kappa shape index (κ1) is 21.5. The van der Waals surface area contributed by atoms with Crippen LogP contribution in [-0.4, -0.2) is 29.7 Å². The third-order valence-corrected chi connectivity index (χ3v) is 6.48. The molecule has 1 atom stereocenters. The number of ketones is 1. The molecule has 0 spiro atoms. The quantitative estimate of drug-likeness (QED) is 0.566. The highest BCUT2D eigenvalue weighted by molar-refractivity contribution is 7.98. The molecule has 6 heteroatoms. The van der Waals surface area contributed by atoms with Crippen LogP contribution in [0.2, 0.25) is 0 Å². The molecule has 5 nitrogen and oxygen atoms in total. The fourth-order valence-corrected chi connectivity index (χ4v) is 4.21. The van der Waals surface area contributed by atoms with Crippen LogP contribution in [0.4, 0.5) is 5.69 Å². The number of Topliss-reactive ketones (excluding diaryl/α,β-unsaturated/α-hetero) is 1. The smallest absolute Gasteiger partial charge is 0.294 e. The van der Waals surface area contributed by atoms with E-state index < -0.39 is 17.7 Å². The first-order valence-corrected chi connectivity index (χ1v) is 11.8. The Labute approximate surface area is 187 Å². The van der Waals surface area contributed by atoms with E-state index in [4.69, 9.17) is 4.74 Å². The van der Waals surface area contributed by atoms with E-state index in [1.54, 1.807) is 25.6 Å². The topological polar surface area (TPSA) is 66.8 Å². The Morgan fingerprint density at radius 2 is 1.84 bits per heavy atom. The number of thioether (sulfide) groups is 1. The van der Waals surface area contributed by atoms with Crippen molar-refractivity contribution in [1.82, 2.24) is 0 Å². The SMILES string of the molecule is CSc1ccc(N2C(=O)C(O)=C(C(=O)C(C)C)C2c2ccccc2OCC2CC2)cc1. The Morgan fingerprint density at radius 3 is 2.45 bits per heavy atom. The van der Waals surface area contributed by atoms with Crippen LogP contribution < -0.4 is 9.64 Å². The number of benzene rings is 2. The molecule has 0 aromatic heterocycles. The van der Waals surface area contributed by atoms with Crippen molar-refractivity contribution < 1.29 is 19.4 Å². The number of carbonyl (C=O) groups excluding carboxylic acids is 2. The first-order valence-electron chi connectivity index (χ1n) is 10.6. The van der Waals surface area contributed by atoms with E-state index in [2.05, 4.69) is 0 Å². The molecule has 31 heavy (non-hydrogen) atoms. The summed E-state index contributed by atoms with van der Waals surface area (Å²) < 4.78 is 6.10. The molecule has 2 aromatic rings. The lowest BCUT2D eigenvalue weighted by Gasteiger charge is -2.28. The van der Waals surface area contributed by atoms with Crippen LogP contribution in [0, 0.1) is 11.8 Å². The summed E-state index contributed by atoms with van der Waals surface area (Å²) in [5, 5.41) is 10.8. The number of nitrogens with zero attached hydrogens (tertiary/aromatic N) is 1. The zero-order valence-corrected chi connectivity index (χ0v) is 18.8. The number of ether oxygens (including phenoxy) is 1. The maximum absolute atomic E-state index is 13.2. The second-order valence-electron chi connectivity index (χ2n) is 8.35. The summed E-state index contributed by atoms with van der Waals surface area (Å²) in [5.74, 6) is -0.435. The van der Waals surface area contributed by atoms with Gasteiger partial charge in [0.1, 0.15) is 5.75 Å². The van der Waals surface area contributed by atoms with E-state index >= 15 is 0 Å². The summed E-state index contributed by atoms with van der Waals surface area (Å²) in [6.45, 7) is 4.16. The minimum atomic E-state index is -0.738. The minimum absolute atomic E-state index is 0.136. The highest BCUT2D eigenvalue weighted by Gasteiger charge is 2.45. The van der Waals surface area contributed by atoms with Crippen LogP contribution in [0.5, 0.6) is 5.75 Å². The Kier molecular flexibility index (Phi) is 6.10. The van der Waals surface area contributed by atoms with Crippen LogP contribution in [-0.2, 0) is 9.59 Å².